The standard InChI is InChI=1S/C20H15F6N5O2/c21-19(22,23)14-4-1-12(2-5-14)17(32)31-9-7-30(8-10-31)15-6-3-13(11-27-15)16-28-18(33-29-16)20(24,25)26/h1-6,11H,7-10H2. The predicted octanol–water partition coefficient (Wildman–Crippen LogP) is 4.13. The molecule has 0 saturated carbocycles. The van der Waals surface area contributed by atoms with Crippen LogP contribution in [0.1, 0.15) is 21.8 Å². The molecular formula is C20H15F6N5O2. The van der Waals surface area contributed by atoms with E-state index >= 15 is 0 Å². The number of aromatic nitrogens is 3. The molecule has 33 heavy (non-hydrogen) atoms. The molecule has 0 aliphatic carbocycles. The summed E-state index contributed by atoms with van der Waals surface area (Å²) >= 11 is 0. The minimum Gasteiger partial charge on any atom is -0.353 e. The molecule has 1 aliphatic heterocycles. The summed E-state index contributed by atoms with van der Waals surface area (Å²) in [5.74, 6) is -1.52. The maximum absolute atomic E-state index is 12.7. The zero-order valence-corrected chi connectivity index (χ0v) is 16.7. The van der Waals surface area contributed by atoms with Crippen LogP contribution < -0.4 is 4.90 Å². The molecule has 174 valence electrons. The van der Waals surface area contributed by atoms with Crippen molar-refractivity contribution in [2.45, 2.75) is 12.4 Å². The Kier molecular flexibility index (Phi) is 5.72. The molecule has 7 nitrogen and oxygen atoms in total. The smallest absolute Gasteiger partial charge is 0.353 e. The highest BCUT2D eigenvalue weighted by molar-refractivity contribution is 5.94. The number of anilines is 1. The lowest BCUT2D eigenvalue weighted by molar-refractivity contribution is -0.159. The van der Waals surface area contributed by atoms with Crippen LogP contribution in [-0.4, -0.2) is 52.1 Å². The quantitative estimate of drug-likeness (QED) is 0.535. The Morgan fingerprint density at radius 3 is 2.06 bits per heavy atom. The zero-order chi connectivity index (χ0) is 23.8. The van der Waals surface area contributed by atoms with Crippen LogP contribution in [0.2, 0.25) is 0 Å². The van der Waals surface area contributed by atoms with Crippen LogP contribution in [0.5, 0.6) is 0 Å². The molecule has 3 heterocycles. The summed E-state index contributed by atoms with van der Waals surface area (Å²) in [5.41, 5.74) is -0.416. The molecule has 0 unspecified atom stereocenters. The largest absolute Gasteiger partial charge is 0.471 e. The van der Waals surface area contributed by atoms with E-state index in [1.54, 1.807) is 6.07 Å². The number of carbonyl (C=O) groups is 1. The van der Waals surface area contributed by atoms with E-state index in [4.69, 9.17) is 0 Å². The Hall–Kier alpha value is -3.64. The number of carbonyl (C=O) groups excluding carboxylic acids is 1. The number of nitrogens with zero attached hydrogens (tertiary/aromatic N) is 5. The van der Waals surface area contributed by atoms with E-state index in [9.17, 15) is 31.1 Å². The summed E-state index contributed by atoms with van der Waals surface area (Å²) in [4.78, 5) is 23.5. The molecule has 1 aromatic carbocycles. The van der Waals surface area contributed by atoms with Gasteiger partial charge in [-0.15, -0.1) is 0 Å². The number of benzene rings is 1. The normalized spacial score (nSPS) is 15.1. The molecule has 0 N–H and O–H groups in total. The number of hydrogen-bond acceptors (Lipinski definition) is 6. The van der Waals surface area contributed by atoms with E-state index in [0.29, 0.717) is 32.0 Å². The van der Waals surface area contributed by atoms with Crippen LogP contribution in [0.4, 0.5) is 32.2 Å². The van der Waals surface area contributed by atoms with Crippen LogP contribution in [-0.2, 0) is 12.4 Å². The summed E-state index contributed by atoms with van der Waals surface area (Å²) in [6.07, 6.45) is -7.89. The summed E-state index contributed by atoms with van der Waals surface area (Å²) in [5, 5.41) is 3.31. The fraction of sp³-hybridized carbons (Fsp3) is 0.300. The summed E-state index contributed by atoms with van der Waals surface area (Å²) in [6.45, 7) is 1.48. The summed E-state index contributed by atoms with van der Waals surface area (Å²) in [7, 11) is 0. The number of amides is 1. The van der Waals surface area contributed by atoms with E-state index in [2.05, 4.69) is 19.6 Å². The molecule has 1 aliphatic rings. The summed E-state index contributed by atoms with van der Waals surface area (Å²) < 4.78 is 80.0. The lowest BCUT2D eigenvalue weighted by atomic mass is 10.1. The van der Waals surface area contributed by atoms with Gasteiger partial charge in [-0.05, 0) is 36.4 Å². The molecule has 0 bridgehead atoms. The van der Waals surface area contributed by atoms with Crippen molar-refractivity contribution in [1.29, 1.82) is 0 Å². The SMILES string of the molecule is O=C(c1ccc(C(F)(F)F)cc1)N1CCN(c2ccc(-c3noc(C(F)(F)F)n3)cn2)CC1. The average Bonchev–Trinajstić information content (AvgIpc) is 3.29. The molecule has 0 atom stereocenters. The second kappa shape index (κ2) is 8.37. The second-order valence-electron chi connectivity index (χ2n) is 7.18. The Morgan fingerprint density at radius 2 is 1.55 bits per heavy atom. The molecule has 2 aromatic heterocycles. The van der Waals surface area contributed by atoms with Crippen LogP contribution in [0.3, 0.4) is 0 Å². The molecule has 0 radical (unpaired) electrons. The van der Waals surface area contributed by atoms with Crippen LogP contribution in [0.15, 0.2) is 47.1 Å². The van der Waals surface area contributed by atoms with Gasteiger partial charge in [-0.2, -0.15) is 31.3 Å². The van der Waals surface area contributed by atoms with E-state index in [-0.39, 0.29) is 22.9 Å². The topological polar surface area (TPSA) is 75.4 Å². The van der Waals surface area contributed by atoms with Gasteiger partial charge in [-0.1, -0.05) is 5.16 Å². The first-order chi connectivity index (χ1) is 15.5. The molecule has 1 amide bonds. The third kappa shape index (κ3) is 4.91. The fourth-order valence-electron chi connectivity index (χ4n) is 3.28. The van der Waals surface area contributed by atoms with Gasteiger partial charge in [-0.25, -0.2) is 4.98 Å². The van der Waals surface area contributed by atoms with Gasteiger partial charge in [0.05, 0.1) is 5.56 Å². The van der Waals surface area contributed by atoms with Gasteiger partial charge in [0.1, 0.15) is 5.82 Å². The van der Waals surface area contributed by atoms with Gasteiger partial charge in [0.25, 0.3) is 5.91 Å². The van der Waals surface area contributed by atoms with Crippen molar-refractivity contribution >= 4 is 11.7 Å². The number of hydrogen-bond donors (Lipinski definition) is 0. The molecule has 1 fully saturated rings. The summed E-state index contributed by atoms with van der Waals surface area (Å²) in [6, 6.07) is 7.14. The van der Waals surface area contributed by atoms with Gasteiger partial charge in [0.15, 0.2) is 0 Å². The van der Waals surface area contributed by atoms with E-state index < -0.39 is 23.8 Å². The lowest BCUT2D eigenvalue weighted by Crippen LogP contribution is -2.49. The molecule has 3 aromatic rings. The number of halogens is 6. The van der Waals surface area contributed by atoms with Crippen LogP contribution >= 0.6 is 0 Å². The molecule has 13 heteroatoms. The van der Waals surface area contributed by atoms with Crippen LogP contribution in [0, 0.1) is 0 Å². The molecule has 4 rings (SSSR count). The highest BCUT2D eigenvalue weighted by Gasteiger charge is 2.38. The van der Waals surface area contributed by atoms with Gasteiger partial charge < -0.3 is 14.3 Å². The second-order valence-corrected chi connectivity index (χ2v) is 7.18. The van der Waals surface area contributed by atoms with Crippen molar-refractivity contribution in [1.82, 2.24) is 20.0 Å². The number of alkyl halides is 6. The Labute approximate surface area is 182 Å². The first-order valence-corrected chi connectivity index (χ1v) is 9.61. The maximum atomic E-state index is 12.7. The molecule has 1 saturated heterocycles. The third-order valence-electron chi connectivity index (χ3n) is 5.02. The van der Waals surface area contributed by atoms with Crippen molar-refractivity contribution < 1.29 is 35.7 Å². The first kappa shape index (κ1) is 22.6. The van der Waals surface area contributed by atoms with Crippen molar-refractivity contribution in [3.63, 3.8) is 0 Å². The predicted molar refractivity (Wildman–Crippen MR) is 102 cm³/mol. The lowest BCUT2D eigenvalue weighted by Gasteiger charge is -2.35. The van der Waals surface area contributed by atoms with Crippen molar-refractivity contribution in [2.75, 3.05) is 31.1 Å². The number of rotatable bonds is 3. The minimum absolute atomic E-state index is 0.164. The average molecular weight is 471 g/mol. The third-order valence-corrected chi connectivity index (χ3v) is 5.02. The number of pyridine rings is 1. The Balaban J connectivity index is 1.37. The highest BCUT2D eigenvalue weighted by Crippen LogP contribution is 2.30. The first-order valence-electron chi connectivity index (χ1n) is 9.61. The van der Waals surface area contributed by atoms with Crippen molar-refractivity contribution in [2.24, 2.45) is 0 Å². The number of piperazine rings is 1. The van der Waals surface area contributed by atoms with E-state index in [1.165, 1.54) is 17.2 Å². The van der Waals surface area contributed by atoms with Crippen LogP contribution in [0.25, 0.3) is 11.4 Å². The van der Waals surface area contributed by atoms with Crippen molar-refractivity contribution in [3.8, 4) is 11.4 Å². The molecule has 0 spiro atoms. The zero-order valence-electron chi connectivity index (χ0n) is 16.7. The van der Waals surface area contributed by atoms with Gasteiger partial charge in [0.2, 0.25) is 5.82 Å². The Bertz CT molecular complexity index is 1120. The fourth-order valence-corrected chi connectivity index (χ4v) is 3.28. The van der Waals surface area contributed by atoms with E-state index in [0.717, 1.165) is 24.3 Å². The Morgan fingerprint density at radius 1 is 0.879 bits per heavy atom. The van der Waals surface area contributed by atoms with Gasteiger partial charge in [-0.3, -0.25) is 4.79 Å². The molecular weight excluding hydrogens is 456 g/mol. The minimum atomic E-state index is -4.74. The van der Waals surface area contributed by atoms with Gasteiger partial charge in [0, 0.05) is 43.5 Å². The highest BCUT2D eigenvalue weighted by atomic mass is 19.4. The van der Waals surface area contributed by atoms with Gasteiger partial charge >= 0.3 is 18.2 Å². The van der Waals surface area contributed by atoms with E-state index in [1.807, 2.05) is 4.90 Å². The monoisotopic (exact) mass is 471 g/mol. The maximum Gasteiger partial charge on any atom is 0.471 e. The van der Waals surface area contributed by atoms with Crippen molar-refractivity contribution in [3.05, 3.63) is 59.6 Å².